The quantitative estimate of drug-likeness (QED) is 0.101. The van der Waals surface area contributed by atoms with E-state index in [9.17, 15) is 0 Å². The van der Waals surface area contributed by atoms with E-state index in [4.69, 9.17) is 14.2 Å². The Labute approximate surface area is 202 Å². The maximum Gasteiger partial charge on any atom is 0.164 e. The molecule has 0 aromatic carbocycles. The first-order chi connectivity index (χ1) is 15.4. The van der Waals surface area contributed by atoms with E-state index >= 15 is 0 Å². The molecule has 0 rings (SSSR count). The van der Waals surface area contributed by atoms with Crippen LogP contribution in [0.3, 0.4) is 0 Å². The van der Waals surface area contributed by atoms with Crippen LogP contribution in [0.15, 0.2) is 0 Å². The van der Waals surface area contributed by atoms with Crippen LogP contribution in [0.1, 0.15) is 156 Å². The summed E-state index contributed by atoms with van der Waals surface area (Å²) in [5.74, 6) is -0.387. The van der Waals surface area contributed by atoms with Crippen molar-refractivity contribution in [2.24, 2.45) is 0 Å². The van der Waals surface area contributed by atoms with Crippen LogP contribution in [0.25, 0.3) is 0 Å². The van der Waals surface area contributed by atoms with Crippen LogP contribution in [0.5, 0.6) is 0 Å². The zero-order valence-corrected chi connectivity index (χ0v) is 23.1. The van der Waals surface area contributed by atoms with Gasteiger partial charge < -0.3 is 14.2 Å². The van der Waals surface area contributed by atoms with Gasteiger partial charge in [0.25, 0.3) is 0 Å². The Morgan fingerprint density at radius 2 is 0.594 bits per heavy atom. The minimum atomic E-state index is -0.387. The molecule has 0 aromatic rings. The van der Waals surface area contributed by atoms with E-state index in [1.165, 1.54) is 128 Å². The molecular weight excluding hydrogens is 396 g/mol. The Bertz CT molecular complexity index is 377. The van der Waals surface area contributed by atoms with Crippen molar-refractivity contribution >= 4 is 0 Å². The first-order valence-electron chi connectivity index (χ1n) is 14.0. The molecule has 194 valence electrons. The van der Waals surface area contributed by atoms with E-state index in [1.54, 1.807) is 14.2 Å². The first kappa shape index (κ1) is 31.9. The molecule has 0 aliphatic heterocycles. The highest BCUT2D eigenvalue weighted by Crippen LogP contribution is 2.21. The molecule has 0 saturated carbocycles. The fourth-order valence-corrected chi connectivity index (χ4v) is 4.39. The molecule has 0 aromatic heterocycles. The van der Waals surface area contributed by atoms with Crippen molar-refractivity contribution in [1.82, 2.24) is 0 Å². The number of hydrogen-bond donors (Lipinski definition) is 0. The molecule has 0 aliphatic carbocycles. The van der Waals surface area contributed by atoms with Crippen LogP contribution in [-0.2, 0) is 14.2 Å². The zero-order chi connectivity index (χ0) is 24.0. The lowest BCUT2D eigenvalue weighted by molar-refractivity contribution is -0.197. The molecule has 0 fully saturated rings. The first-order valence-corrected chi connectivity index (χ1v) is 14.0. The lowest BCUT2D eigenvalue weighted by Gasteiger charge is -2.26. The highest BCUT2D eigenvalue weighted by molar-refractivity contribution is 4.67. The largest absolute Gasteiger partial charge is 0.379 e. The molecule has 0 spiro atoms. The lowest BCUT2D eigenvalue weighted by Crippen LogP contribution is -2.29. The third-order valence-electron chi connectivity index (χ3n) is 7.33. The summed E-state index contributed by atoms with van der Waals surface area (Å²) in [4.78, 5) is 0. The summed E-state index contributed by atoms with van der Waals surface area (Å²) in [7, 11) is 5.30. The third kappa shape index (κ3) is 20.5. The number of methoxy groups -OCH3 is 3. The standard InChI is InChI=1S/C29H60O3/c1-28(2,30-4)26-24-22-20-18-16-14-12-10-8-7-9-11-13-15-17-19-21-23-25-27-29(3,31-5)32-6/h7-27H2,1-6H3. The van der Waals surface area contributed by atoms with Gasteiger partial charge in [-0.05, 0) is 33.6 Å². The van der Waals surface area contributed by atoms with Gasteiger partial charge in [0, 0.05) is 27.8 Å². The molecule has 3 nitrogen and oxygen atoms in total. The van der Waals surface area contributed by atoms with E-state index in [2.05, 4.69) is 13.8 Å². The Hall–Kier alpha value is -0.120. The normalized spacial score (nSPS) is 12.6. The fourth-order valence-electron chi connectivity index (χ4n) is 4.39. The smallest absolute Gasteiger partial charge is 0.164 e. The number of rotatable bonds is 25. The van der Waals surface area contributed by atoms with Gasteiger partial charge in [-0.3, -0.25) is 0 Å². The summed E-state index contributed by atoms with van der Waals surface area (Å²) >= 11 is 0. The number of unbranched alkanes of at least 4 members (excludes halogenated alkanes) is 18. The van der Waals surface area contributed by atoms with Gasteiger partial charge in [-0.15, -0.1) is 0 Å². The number of hydrogen-bond acceptors (Lipinski definition) is 3. The second-order valence-electron chi connectivity index (χ2n) is 10.7. The van der Waals surface area contributed by atoms with Crippen LogP contribution in [-0.4, -0.2) is 32.7 Å². The average molecular weight is 457 g/mol. The van der Waals surface area contributed by atoms with Gasteiger partial charge in [0.1, 0.15) is 0 Å². The van der Waals surface area contributed by atoms with Crippen LogP contribution in [0, 0.1) is 0 Å². The van der Waals surface area contributed by atoms with E-state index in [0.29, 0.717) is 0 Å². The van der Waals surface area contributed by atoms with Gasteiger partial charge in [0.2, 0.25) is 0 Å². The van der Waals surface area contributed by atoms with Crippen LogP contribution in [0.4, 0.5) is 0 Å². The highest BCUT2D eigenvalue weighted by atomic mass is 16.7. The second kappa shape index (κ2) is 21.4. The van der Waals surface area contributed by atoms with Crippen LogP contribution in [0.2, 0.25) is 0 Å². The summed E-state index contributed by atoms with van der Waals surface area (Å²) in [6, 6.07) is 0. The average Bonchev–Trinajstić information content (AvgIpc) is 2.79. The van der Waals surface area contributed by atoms with Crippen molar-refractivity contribution in [3.05, 3.63) is 0 Å². The monoisotopic (exact) mass is 456 g/mol. The van der Waals surface area contributed by atoms with Crippen LogP contribution >= 0.6 is 0 Å². The van der Waals surface area contributed by atoms with Crippen molar-refractivity contribution in [3.8, 4) is 0 Å². The Kier molecular flexibility index (Phi) is 21.3. The Morgan fingerprint density at radius 3 is 0.844 bits per heavy atom. The molecule has 0 N–H and O–H groups in total. The molecule has 0 unspecified atom stereocenters. The van der Waals surface area contributed by atoms with E-state index in [0.717, 1.165) is 6.42 Å². The molecule has 0 heterocycles. The van der Waals surface area contributed by atoms with Gasteiger partial charge in [0.05, 0.1) is 5.60 Å². The van der Waals surface area contributed by atoms with Gasteiger partial charge >= 0.3 is 0 Å². The third-order valence-corrected chi connectivity index (χ3v) is 7.33. The number of ether oxygens (including phenoxy) is 3. The molecule has 0 aliphatic rings. The molecule has 0 atom stereocenters. The van der Waals surface area contributed by atoms with Crippen molar-refractivity contribution in [1.29, 1.82) is 0 Å². The minimum absolute atomic E-state index is 0.0675. The summed E-state index contributed by atoms with van der Waals surface area (Å²) in [5, 5.41) is 0. The molecule has 0 saturated heterocycles. The zero-order valence-electron chi connectivity index (χ0n) is 23.1. The predicted molar refractivity (Wildman–Crippen MR) is 140 cm³/mol. The van der Waals surface area contributed by atoms with Gasteiger partial charge in [-0.1, -0.05) is 116 Å². The maximum absolute atomic E-state index is 5.49. The summed E-state index contributed by atoms with van der Waals surface area (Å²) in [6.07, 6.45) is 28.8. The molecule has 3 heteroatoms. The second-order valence-corrected chi connectivity index (χ2v) is 10.7. The van der Waals surface area contributed by atoms with E-state index in [1.807, 2.05) is 14.0 Å². The molecule has 0 amide bonds. The van der Waals surface area contributed by atoms with Crippen molar-refractivity contribution in [2.75, 3.05) is 21.3 Å². The Balaban J connectivity index is 3.17. The summed E-state index contributed by atoms with van der Waals surface area (Å²) in [6.45, 7) is 6.42. The van der Waals surface area contributed by atoms with Crippen molar-refractivity contribution in [3.63, 3.8) is 0 Å². The summed E-state index contributed by atoms with van der Waals surface area (Å²) < 4.78 is 16.3. The molecule has 0 bridgehead atoms. The van der Waals surface area contributed by atoms with E-state index < -0.39 is 0 Å². The predicted octanol–water partition coefficient (Wildman–Crippen LogP) is 9.61. The Morgan fingerprint density at radius 1 is 0.344 bits per heavy atom. The van der Waals surface area contributed by atoms with E-state index in [-0.39, 0.29) is 11.4 Å². The maximum atomic E-state index is 5.49. The highest BCUT2D eigenvalue weighted by Gasteiger charge is 2.21. The molecule has 32 heavy (non-hydrogen) atoms. The van der Waals surface area contributed by atoms with Gasteiger partial charge in [0.15, 0.2) is 5.79 Å². The topological polar surface area (TPSA) is 27.7 Å². The molecule has 0 radical (unpaired) electrons. The SMILES string of the molecule is COC(C)(C)CCCCCCCCCCCCCCCCCCCCCC(C)(OC)OC. The van der Waals surface area contributed by atoms with Crippen LogP contribution < -0.4 is 0 Å². The minimum Gasteiger partial charge on any atom is -0.379 e. The molecular formula is C29H60O3. The van der Waals surface area contributed by atoms with Gasteiger partial charge in [-0.25, -0.2) is 0 Å². The van der Waals surface area contributed by atoms with Gasteiger partial charge in [-0.2, -0.15) is 0 Å². The van der Waals surface area contributed by atoms with Crippen molar-refractivity contribution in [2.45, 2.75) is 167 Å². The summed E-state index contributed by atoms with van der Waals surface area (Å²) in [5.41, 5.74) is 0.0675. The fraction of sp³-hybridized carbons (Fsp3) is 1.00. The van der Waals surface area contributed by atoms with Crippen molar-refractivity contribution < 1.29 is 14.2 Å². The lowest BCUT2D eigenvalue weighted by atomic mass is 9.99.